The molecule has 4 aromatic rings. The van der Waals surface area contributed by atoms with E-state index in [1.165, 1.54) is 0 Å². The van der Waals surface area contributed by atoms with Crippen molar-refractivity contribution >= 4 is 40.0 Å². The van der Waals surface area contributed by atoms with E-state index < -0.39 is 0 Å². The standard InChI is InChI=1S/C28H27N7O/c29-17-20-14-21(30)16-23(15-20)32-28-33-25-9-5-4-8-24(25)27(34-28)35-13-12-22(18-35)31-26(36)11-10-19-6-2-1-3-7-19/h1-9,14-16,22H,10-13,18,30H2,(H,31,36)(H,32,33,34). The van der Waals surface area contributed by atoms with Gasteiger partial charge < -0.3 is 21.3 Å². The summed E-state index contributed by atoms with van der Waals surface area (Å²) < 4.78 is 0. The number of carbonyl (C=O) groups excluding carboxylic acids is 1. The minimum atomic E-state index is 0.0607. The number of nitrogens with two attached hydrogens (primary N) is 1. The Morgan fingerprint density at radius 3 is 2.72 bits per heavy atom. The van der Waals surface area contributed by atoms with Crippen LogP contribution in [-0.2, 0) is 11.2 Å². The van der Waals surface area contributed by atoms with Gasteiger partial charge in [0.25, 0.3) is 0 Å². The van der Waals surface area contributed by atoms with Crippen molar-refractivity contribution in [1.82, 2.24) is 15.3 Å². The first kappa shape index (κ1) is 23.1. The molecule has 1 fully saturated rings. The molecule has 1 aliphatic rings. The number of para-hydroxylation sites is 1. The highest BCUT2D eigenvalue weighted by Gasteiger charge is 2.26. The third-order valence-corrected chi connectivity index (χ3v) is 6.26. The topological polar surface area (TPSA) is 120 Å². The van der Waals surface area contributed by atoms with E-state index in [0.29, 0.717) is 35.9 Å². The molecular formula is C28H27N7O. The summed E-state index contributed by atoms with van der Waals surface area (Å²) in [6.45, 7) is 1.45. The number of nitriles is 1. The fraction of sp³-hybridized carbons (Fsp3) is 0.214. The van der Waals surface area contributed by atoms with Gasteiger partial charge in [0.05, 0.1) is 17.1 Å². The van der Waals surface area contributed by atoms with Crippen LogP contribution in [0.3, 0.4) is 0 Å². The second-order valence-corrected chi connectivity index (χ2v) is 8.95. The minimum Gasteiger partial charge on any atom is -0.399 e. The molecule has 0 saturated carbocycles. The predicted octanol–water partition coefficient (Wildman–Crippen LogP) is 4.15. The van der Waals surface area contributed by atoms with E-state index in [1.807, 2.05) is 54.6 Å². The average molecular weight is 478 g/mol. The van der Waals surface area contributed by atoms with Crippen LogP contribution in [0.15, 0.2) is 72.8 Å². The molecule has 180 valence electrons. The van der Waals surface area contributed by atoms with Crippen LogP contribution in [0, 0.1) is 11.3 Å². The normalized spacial score (nSPS) is 15.0. The van der Waals surface area contributed by atoms with Gasteiger partial charge in [0.15, 0.2) is 0 Å². The molecule has 8 heteroatoms. The number of amides is 1. The maximum absolute atomic E-state index is 12.6. The van der Waals surface area contributed by atoms with Gasteiger partial charge in [0.2, 0.25) is 11.9 Å². The van der Waals surface area contributed by atoms with E-state index in [2.05, 4.69) is 26.6 Å². The molecule has 0 bridgehead atoms. The van der Waals surface area contributed by atoms with Crippen LogP contribution in [-0.4, -0.2) is 35.0 Å². The molecule has 36 heavy (non-hydrogen) atoms. The number of nitrogens with zero attached hydrogens (tertiary/aromatic N) is 4. The van der Waals surface area contributed by atoms with Crippen molar-refractivity contribution in [1.29, 1.82) is 5.26 Å². The fourth-order valence-electron chi connectivity index (χ4n) is 4.55. The number of hydrogen-bond donors (Lipinski definition) is 3. The third-order valence-electron chi connectivity index (χ3n) is 6.26. The first-order valence-electron chi connectivity index (χ1n) is 12.0. The zero-order valence-corrected chi connectivity index (χ0v) is 19.8. The van der Waals surface area contributed by atoms with E-state index in [-0.39, 0.29) is 11.9 Å². The number of hydrogen-bond acceptors (Lipinski definition) is 7. The molecule has 1 aliphatic heterocycles. The highest BCUT2D eigenvalue weighted by Crippen LogP contribution is 2.29. The van der Waals surface area contributed by atoms with E-state index in [1.54, 1.807) is 18.2 Å². The number of nitrogen functional groups attached to an aromatic ring is 1. The molecule has 1 amide bonds. The van der Waals surface area contributed by atoms with Gasteiger partial charge in [-0.3, -0.25) is 4.79 Å². The van der Waals surface area contributed by atoms with Gasteiger partial charge in [0.1, 0.15) is 5.82 Å². The van der Waals surface area contributed by atoms with Gasteiger partial charge in [-0.1, -0.05) is 42.5 Å². The van der Waals surface area contributed by atoms with Crippen molar-refractivity contribution in [2.75, 3.05) is 29.0 Å². The summed E-state index contributed by atoms with van der Waals surface area (Å²) in [7, 11) is 0. The Labute approximate surface area is 209 Å². The van der Waals surface area contributed by atoms with Crippen LogP contribution in [0.4, 0.5) is 23.1 Å². The first-order valence-corrected chi connectivity index (χ1v) is 12.0. The smallest absolute Gasteiger partial charge is 0.229 e. The summed E-state index contributed by atoms with van der Waals surface area (Å²) >= 11 is 0. The Morgan fingerprint density at radius 2 is 1.89 bits per heavy atom. The van der Waals surface area contributed by atoms with Crippen molar-refractivity contribution in [3.63, 3.8) is 0 Å². The highest BCUT2D eigenvalue weighted by atomic mass is 16.1. The van der Waals surface area contributed by atoms with Crippen molar-refractivity contribution in [3.05, 3.63) is 83.9 Å². The highest BCUT2D eigenvalue weighted by molar-refractivity contribution is 5.91. The Morgan fingerprint density at radius 1 is 1.08 bits per heavy atom. The predicted molar refractivity (Wildman–Crippen MR) is 142 cm³/mol. The van der Waals surface area contributed by atoms with Crippen LogP contribution in [0.25, 0.3) is 10.9 Å². The van der Waals surface area contributed by atoms with E-state index in [0.717, 1.165) is 41.7 Å². The zero-order valence-electron chi connectivity index (χ0n) is 19.8. The van der Waals surface area contributed by atoms with Gasteiger partial charge >= 0.3 is 0 Å². The van der Waals surface area contributed by atoms with Crippen molar-refractivity contribution in [2.24, 2.45) is 0 Å². The molecule has 1 saturated heterocycles. The molecule has 0 spiro atoms. The largest absolute Gasteiger partial charge is 0.399 e. The summed E-state index contributed by atoms with van der Waals surface area (Å²) in [5, 5.41) is 16.6. The zero-order chi connectivity index (χ0) is 24.9. The van der Waals surface area contributed by atoms with Gasteiger partial charge in [-0.2, -0.15) is 10.2 Å². The molecule has 1 unspecified atom stereocenters. The number of rotatable bonds is 7. The Kier molecular flexibility index (Phi) is 6.63. The summed E-state index contributed by atoms with van der Waals surface area (Å²) in [4.78, 5) is 24.2. The quantitative estimate of drug-likeness (QED) is 0.342. The lowest BCUT2D eigenvalue weighted by Gasteiger charge is -2.21. The third kappa shape index (κ3) is 5.36. The van der Waals surface area contributed by atoms with Crippen LogP contribution >= 0.6 is 0 Å². The number of benzene rings is 3. The van der Waals surface area contributed by atoms with Crippen molar-refractivity contribution in [3.8, 4) is 6.07 Å². The Hall–Kier alpha value is -4.64. The van der Waals surface area contributed by atoms with Gasteiger partial charge in [-0.05, 0) is 48.7 Å². The lowest BCUT2D eigenvalue weighted by molar-refractivity contribution is -0.121. The molecule has 5 rings (SSSR count). The summed E-state index contributed by atoms with van der Waals surface area (Å²) in [5.74, 6) is 1.30. The Balaban J connectivity index is 1.31. The maximum atomic E-state index is 12.6. The fourth-order valence-corrected chi connectivity index (χ4v) is 4.55. The summed E-state index contributed by atoms with van der Waals surface area (Å²) in [6.07, 6.45) is 2.04. The molecule has 2 heterocycles. The first-order chi connectivity index (χ1) is 17.6. The SMILES string of the molecule is N#Cc1cc(N)cc(Nc2nc(N3CCC(NC(=O)CCc4ccccc4)C3)c3ccccc3n2)c1. The number of aryl methyl sites for hydroxylation is 1. The number of nitrogens with one attached hydrogen (secondary N) is 2. The van der Waals surface area contributed by atoms with Crippen molar-refractivity contribution in [2.45, 2.75) is 25.3 Å². The molecule has 0 radical (unpaired) electrons. The molecule has 0 aliphatic carbocycles. The van der Waals surface area contributed by atoms with E-state index in [9.17, 15) is 10.1 Å². The van der Waals surface area contributed by atoms with Gasteiger partial charge in [0, 0.05) is 42.3 Å². The second kappa shape index (κ2) is 10.3. The van der Waals surface area contributed by atoms with Crippen LogP contribution < -0.4 is 21.3 Å². The van der Waals surface area contributed by atoms with Gasteiger partial charge in [-0.15, -0.1) is 0 Å². The summed E-state index contributed by atoms with van der Waals surface area (Å²) in [6, 6.07) is 25.2. The lowest BCUT2D eigenvalue weighted by atomic mass is 10.1. The minimum absolute atomic E-state index is 0.0607. The molecule has 1 aromatic heterocycles. The number of aromatic nitrogens is 2. The number of carbonyl (C=O) groups is 1. The number of fused-ring (bicyclic) bond motifs is 1. The van der Waals surface area contributed by atoms with Crippen molar-refractivity contribution < 1.29 is 4.79 Å². The average Bonchev–Trinajstić information content (AvgIpc) is 3.35. The van der Waals surface area contributed by atoms with E-state index in [4.69, 9.17) is 10.7 Å². The van der Waals surface area contributed by atoms with Crippen LogP contribution in [0.1, 0.15) is 24.0 Å². The number of anilines is 4. The molecule has 8 nitrogen and oxygen atoms in total. The molecular weight excluding hydrogens is 450 g/mol. The molecule has 4 N–H and O–H groups in total. The van der Waals surface area contributed by atoms with E-state index >= 15 is 0 Å². The second-order valence-electron chi connectivity index (χ2n) is 8.95. The molecule has 1 atom stereocenters. The molecule has 3 aromatic carbocycles. The van der Waals surface area contributed by atoms with Crippen LogP contribution in [0.2, 0.25) is 0 Å². The maximum Gasteiger partial charge on any atom is 0.229 e. The Bertz CT molecular complexity index is 1430. The van der Waals surface area contributed by atoms with Crippen LogP contribution in [0.5, 0.6) is 0 Å². The lowest BCUT2D eigenvalue weighted by Crippen LogP contribution is -2.37. The summed E-state index contributed by atoms with van der Waals surface area (Å²) in [5.41, 5.74) is 9.52. The monoisotopic (exact) mass is 477 g/mol. The van der Waals surface area contributed by atoms with Gasteiger partial charge in [-0.25, -0.2) is 4.98 Å².